The van der Waals surface area contributed by atoms with Crippen LogP contribution >= 0.6 is 0 Å². The molecule has 0 saturated carbocycles. The van der Waals surface area contributed by atoms with Crippen LogP contribution in [0.15, 0.2) is 36.7 Å². The van der Waals surface area contributed by atoms with Gasteiger partial charge in [-0.1, -0.05) is 13.8 Å². The van der Waals surface area contributed by atoms with Gasteiger partial charge in [0.05, 0.1) is 9.53 Å². The van der Waals surface area contributed by atoms with E-state index in [0.717, 1.165) is 0 Å². The fourth-order valence-corrected chi connectivity index (χ4v) is 2.72. The Morgan fingerprint density at radius 2 is 2.14 bits per heavy atom. The largest absolute Gasteiger partial charge is 0.405 e. The Bertz CT molecular complexity index is 1130. The van der Waals surface area contributed by atoms with Gasteiger partial charge in [-0.25, -0.2) is 15.0 Å². The van der Waals surface area contributed by atoms with Crippen molar-refractivity contribution in [3.8, 4) is 11.4 Å². The topological polar surface area (TPSA) is 83.6 Å². The van der Waals surface area contributed by atoms with Gasteiger partial charge < -0.3 is 10.3 Å². The predicted octanol–water partition coefficient (Wildman–Crippen LogP) is 3.66. The summed E-state index contributed by atoms with van der Waals surface area (Å²) in [6.07, 6.45) is -3.42. The second-order valence-electron chi connectivity index (χ2n) is 6.64. The van der Waals surface area contributed by atoms with E-state index in [-0.39, 0.29) is 42.1 Å². The minimum absolute atomic E-state index is 0.00871. The molecule has 0 unspecified atom stereocenters. The second-order valence-corrected chi connectivity index (χ2v) is 6.64. The first-order valence-electron chi connectivity index (χ1n) is 10.1. The molecule has 0 radical (unpaired) electrons. The van der Waals surface area contributed by atoms with E-state index in [1.807, 2.05) is 5.32 Å². The van der Waals surface area contributed by atoms with Crippen molar-refractivity contribution in [1.29, 1.82) is 0 Å². The van der Waals surface area contributed by atoms with Gasteiger partial charge in [-0.2, -0.15) is 13.2 Å². The van der Waals surface area contributed by atoms with E-state index < -0.39 is 30.2 Å². The number of aromatic nitrogens is 4. The summed E-state index contributed by atoms with van der Waals surface area (Å²) in [6.45, 7) is 1.67. The first-order valence-corrected chi connectivity index (χ1v) is 8.58. The quantitative estimate of drug-likeness (QED) is 0.668. The molecular formula is C19H20F3N5O. The van der Waals surface area contributed by atoms with Crippen LogP contribution < -0.4 is 5.32 Å². The highest BCUT2D eigenvalue weighted by molar-refractivity contribution is 5.91. The van der Waals surface area contributed by atoms with E-state index in [2.05, 4.69) is 19.9 Å². The molecule has 0 aliphatic heterocycles. The normalized spacial score (nSPS) is 15.5. The summed E-state index contributed by atoms with van der Waals surface area (Å²) < 4.78 is 61.9. The zero-order chi connectivity index (χ0) is 23.0. The molecular weight excluding hydrogens is 371 g/mol. The van der Waals surface area contributed by atoms with Crippen LogP contribution in [0.4, 0.5) is 13.2 Å². The van der Waals surface area contributed by atoms with Crippen LogP contribution in [0.1, 0.15) is 30.1 Å². The monoisotopic (exact) mass is 394 g/mol. The minimum atomic E-state index is -4.55. The van der Waals surface area contributed by atoms with Crippen LogP contribution in [0.2, 0.25) is 0 Å². The number of carbonyl (C=O) groups excluding carboxylic acids is 1. The Morgan fingerprint density at radius 3 is 2.86 bits per heavy atom. The highest BCUT2D eigenvalue weighted by Crippen LogP contribution is 2.29. The number of hydrogen-bond donors (Lipinski definition) is 2. The summed E-state index contributed by atoms with van der Waals surface area (Å²) in [5, 5.41) is 2.44. The molecule has 0 aliphatic rings. The van der Waals surface area contributed by atoms with Crippen LogP contribution in [0.25, 0.3) is 22.4 Å². The van der Waals surface area contributed by atoms with Crippen molar-refractivity contribution in [3.63, 3.8) is 0 Å². The van der Waals surface area contributed by atoms with Crippen molar-refractivity contribution >= 4 is 16.9 Å². The maximum atomic E-state index is 12.5. The molecule has 0 saturated heterocycles. The van der Waals surface area contributed by atoms with Gasteiger partial charge in [0.2, 0.25) is 5.91 Å². The molecule has 28 heavy (non-hydrogen) atoms. The molecule has 3 rings (SSSR count). The van der Waals surface area contributed by atoms with Gasteiger partial charge in [-0.05, 0) is 24.6 Å². The molecule has 0 bridgehead atoms. The molecule has 1 atom stereocenters. The van der Waals surface area contributed by atoms with Crippen molar-refractivity contribution in [2.45, 2.75) is 32.9 Å². The summed E-state index contributed by atoms with van der Waals surface area (Å²) in [4.78, 5) is 27.7. The molecule has 6 nitrogen and oxygen atoms in total. The van der Waals surface area contributed by atoms with E-state index in [1.165, 1.54) is 6.92 Å². The number of nitrogens with zero attached hydrogens (tertiary/aromatic N) is 3. The molecule has 3 heterocycles. The van der Waals surface area contributed by atoms with Gasteiger partial charge >= 0.3 is 6.18 Å². The van der Waals surface area contributed by atoms with Crippen molar-refractivity contribution in [1.82, 2.24) is 25.3 Å². The van der Waals surface area contributed by atoms with Gasteiger partial charge in [0.25, 0.3) is 0 Å². The number of nitrogens with one attached hydrogen (secondary N) is 2. The van der Waals surface area contributed by atoms with E-state index in [1.54, 1.807) is 25.3 Å². The molecule has 0 fully saturated rings. The molecule has 9 heteroatoms. The molecule has 0 aromatic carbocycles. The molecule has 0 spiro atoms. The third-order valence-corrected chi connectivity index (χ3v) is 4.54. The second kappa shape index (κ2) is 7.57. The Kier molecular flexibility index (Phi) is 4.33. The number of hydrogen-bond acceptors (Lipinski definition) is 4. The van der Waals surface area contributed by atoms with Crippen LogP contribution in [0.3, 0.4) is 0 Å². The Hall–Kier alpha value is -2.97. The number of H-pyrrole nitrogens is 1. The third kappa shape index (κ3) is 4.29. The zero-order valence-corrected chi connectivity index (χ0v) is 15.2. The smallest absolute Gasteiger partial charge is 0.347 e. The number of rotatable bonds is 6. The van der Waals surface area contributed by atoms with E-state index in [0.29, 0.717) is 11.0 Å². The Morgan fingerprint density at radius 1 is 1.36 bits per heavy atom. The maximum Gasteiger partial charge on any atom is 0.405 e. The van der Waals surface area contributed by atoms with Gasteiger partial charge in [0.15, 0.2) is 5.82 Å². The average Bonchev–Trinajstić information content (AvgIpc) is 3.04. The third-order valence-electron chi connectivity index (χ3n) is 4.54. The lowest BCUT2D eigenvalue weighted by atomic mass is 9.81. The lowest BCUT2D eigenvalue weighted by Gasteiger charge is -2.27. The van der Waals surface area contributed by atoms with E-state index in [4.69, 9.17) is 4.11 Å². The number of alkyl halides is 3. The van der Waals surface area contributed by atoms with Gasteiger partial charge in [0, 0.05) is 41.6 Å². The lowest BCUT2D eigenvalue weighted by molar-refractivity contribution is -0.144. The average molecular weight is 394 g/mol. The van der Waals surface area contributed by atoms with Gasteiger partial charge in [0.1, 0.15) is 12.2 Å². The fourth-order valence-electron chi connectivity index (χ4n) is 2.72. The minimum Gasteiger partial charge on any atom is -0.347 e. The van der Waals surface area contributed by atoms with Gasteiger partial charge in [-0.3, -0.25) is 4.79 Å². The Balaban J connectivity index is 2.01. The Labute approximate surface area is 163 Å². The van der Waals surface area contributed by atoms with Crippen LogP contribution in [0, 0.1) is 5.41 Å². The number of fused-ring (bicyclic) bond motifs is 1. The zero-order valence-electron chi connectivity index (χ0n) is 18.2. The van der Waals surface area contributed by atoms with Crippen LogP contribution in [-0.4, -0.2) is 38.6 Å². The number of halogens is 3. The maximum absolute atomic E-state index is 12.5. The van der Waals surface area contributed by atoms with Crippen molar-refractivity contribution in [3.05, 3.63) is 42.4 Å². The number of aromatic amines is 1. The summed E-state index contributed by atoms with van der Waals surface area (Å²) in [7, 11) is 0. The lowest BCUT2D eigenvalue weighted by Crippen LogP contribution is -2.44. The van der Waals surface area contributed by atoms with Crippen LogP contribution in [0.5, 0.6) is 0 Å². The van der Waals surface area contributed by atoms with Crippen LogP contribution in [-0.2, 0) is 11.2 Å². The molecule has 1 amide bonds. The number of pyridine rings is 1. The summed E-state index contributed by atoms with van der Waals surface area (Å²) in [5.41, 5.74) is -0.527. The molecule has 148 valence electrons. The SMILES string of the molecule is [2H]c1nc(-c2c([2H])[nH]c3ncccc23)nc(C[C@](C)(CC)C(=O)NCC(F)(F)F)c1[2H]. The summed E-state index contributed by atoms with van der Waals surface area (Å²) in [5.74, 6) is -0.815. The first kappa shape index (κ1) is 16.0. The number of carbonyl (C=O) groups is 1. The van der Waals surface area contributed by atoms with Crippen molar-refractivity contribution in [2.24, 2.45) is 5.41 Å². The molecule has 0 aliphatic carbocycles. The number of amides is 1. The van der Waals surface area contributed by atoms with Crippen molar-refractivity contribution in [2.75, 3.05) is 6.54 Å². The molecule has 2 N–H and O–H groups in total. The first-order chi connectivity index (χ1) is 14.4. The molecule has 3 aromatic heterocycles. The summed E-state index contributed by atoms with van der Waals surface area (Å²) in [6, 6.07) is 3.05. The highest BCUT2D eigenvalue weighted by atomic mass is 19.4. The fraction of sp³-hybridized carbons (Fsp3) is 0.368. The van der Waals surface area contributed by atoms with Crippen molar-refractivity contribution < 1.29 is 22.1 Å². The van der Waals surface area contributed by atoms with E-state index in [9.17, 15) is 18.0 Å². The summed E-state index contributed by atoms with van der Waals surface area (Å²) >= 11 is 0. The predicted molar refractivity (Wildman–Crippen MR) is 98.3 cm³/mol. The van der Waals surface area contributed by atoms with Gasteiger partial charge in [-0.15, -0.1) is 0 Å². The standard InChI is InChI=1S/C19H20F3N5O/c1-3-18(2,17(28)26-11-19(20,21)22)9-12-6-8-24-16(27-12)14-10-25-15-13(14)5-4-7-23-15/h4-8,10H,3,9,11H2,1-2H3,(H,23,25)(H,26,28)/t18-/m0/s1/i6D,8D,10D. The van der Waals surface area contributed by atoms with E-state index >= 15 is 0 Å². The highest BCUT2D eigenvalue weighted by Gasteiger charge is 2.35. The molecule has 3 aromatic rings.